The van der Waals surface area contributed by atoms with E-state index >= 15 is 0 Å². The summed E-state index contributed by atoms with van der Waals surface area (Å²) in [7, 11) is 0. The number of nitrogens with one attached hydrogen (secondary N) is 1. The van der Waals surface area contributed by atoms with Gasteiger partial charge in [0.2, 0.25) is 0 Å². The Morgan fingerprint density at radius 1 is 1.21 bits per heavy atom. The average molecular weight is 397 g/mol. The van der Waals surface area contributed by atoms with Crippen LogP contribution in [0.3, 0.4) is 0 Å². The summed E-state index contributed by atoms with van der Waals surface area (Å²) in [6.45, 7) is 0.778. The van der Waals surface area contributed by atoms with Gasteiger partial charge >= 0.3 is 0 Å². The molecule has 1 aliphatic rings. The van der Waals surface area contributed by atoms with E-state index in [1.807, 2.05) is 10.8 Å². The van der Waals surface area contributed by atoms with Crippen molar-refractivity contribution < 1.29 is 9.18 Å². The second-order valence-corrected chi connectivity index (χ2v) is 7.41. The van der Waals surface area contributed by atoms with Gasteiger partial charge in [-0.15, -0.1) is 22.0 Å². The second-order valence-electron chi connectivity index (χ2n) is 6.61. The van der Waals surface area contributed by atoms with Crippen LogP contribution in [0.1, 0.15) is 35.4 Å². The van der Waals surface area contributed by atoms with Crippen LogP contribution in [0.2, 0.25) is 0 Å². The van der Waals surface area contributed by atoms with Gasteiger partial charge < -0.3 is 9.88 Å². The van der Waals surface area contributed by atoms with Crippen LogP contribution in [0.5, 0.6) is 0 Å². The first-order valence-electron chi connectivity index (χ1n) is 9.19. The Bertz CT molecular complexity index is 1020. The van der Waals surface area contributed by atoms with Crippen molar-refractivity contribution in [3.8, 4) is 11.4 Å². The van der Waals surface area contributed by atoms with E-state index in [0.29, 0.717) is 27.7 Å². The number of carbonyl (C=O) groups is 1. The van der Waals surface area contributed by atoms with Crippen LogP contribution in [-0.2, 0) is 13.0 Å². The van der Waals surface area contributed by atoms with Crippen LogP contribution in [0.4, 0.5) is 10.1 Å². The fourth-order valence-electron chi connectivity index (χ4n) is 3.38. The molecule has 1 N–H and O–H groups in total. The van der Waals surface area contributed by atoms with Gasteiger partial charge in [-0.25, -0.2) is 9.37 Å². The zero-order valence-corrected chi connectivity index (χ0v) is 16.3. The topological polar surface area (TPSA) is 72.7 Å². The number of anilines is 1. The predicted molar refractivity (Wildman–Crippen MR) is 107 cm³/mol. The van der Waals surface area contributed by atoms with Gasteiger partial charge in [0.05, 0.1) is 11.1 Å². The van der Waals surface area contributed by atoms with Crippen molar-refractivity contribution in [3.05, 3.63) is 53.7 Å². The molecule has 0 saturated heterocycles. The molecule has 0 saturated carbocycles. The molecule has 1 amide bonds. The third kappa shape index (κ3) is 3.64. The Hall–Kier alpha value is -2.74. The number of benzene rings is 1. The number of pyridine rings is 1. The van der Waals surface area contributed by atoms with E-state index in [0.717, 1.165) is 38.1 Å². The van der Waals surface area contributed by atoms with E-state index in [-0.39, 0.29) is 11.7 Å². The Labute approximate surface area is 166 Å². The first kappa shape index (κ1) is 18.6. The van der Waals surface area contributed by atoms with Crippen LogP contribution >= 0.6 is 11.8 Å². The molecular formula is C20H20FN5OS. The summed E-state index contributed by atoms with van der Waals surface area (Å²) in [6, 6.07) is 7.95. The van der Waals surface area contributed by atoms with E-state index in [1.54, 1.807) is 30.5 Å². The summed E-state index contributed by atoms with van der Waals surface area (Å²) in [5.74, 6) is 0.733. The highest BCUT2D eigenvalue weighted by Gasteiger charge is 2.20. The fourth-order valence-corrected chi connectivity index (χ4v) is 3.93. The number of hydrogen-bond donors (Lipinski definition) is 1. The van der Waals surface area contributed by atoms with E-state index in [9.17, 15) is 9.18 Å². The lowest BCUT2D eigenvalue weighted by Gasteiger charge is -2.11. The molecule has 1 aliphatic heterocycles. The fraction of sp³-hybridized carbons (Fsp3) is 0.300. The highest BCUT2D eigenvalue weighted by molar-refractivity contribution is 7.98. The molecule has 0 unspecified atom stereocenters. The van der Waals surface area contributed by atoms with E-state index in [1.165, 1.54) is 17.8 Å². The van der Waals surface area contributed by atoms with Gasteiger partial charge in [-0.2, -0.15) is 0 Å². The zero-order chi connectivity index (χ0) is 19.5. The van der Waals surface area contributed by atoms with Gasteiger partial charge in [0.25, 0.3) is 5.91 Å². The second kappa shape index (κ2) is 8.10. The standard InChI is InChI=1S/C20H20FN5OS/c1-28-20-14(6-5-10-22-20)19(27)23-13-8-9-16(21)15(12-13)18-25-24-17-7-3-2-4-11-26(17)18/h5-6,8-10,12H,2-4,7,11H2,1H3,(H,23,27). The lowest BCUT2D eigenvalue weighted by atomic mass is 10.1. The van der Waals surface area contributed by atoms with Crippen molar-refractivity contribution in [2.75, 3.05) is 11.6 Å². The summed E-state index contributed by atoms with van der Waals surface area (Å²) in [6.07, 6.45) is 7.59. The van der Waals surface area contributed by atoms with E-state index in [4.69, 9.17) is 0 Å². The number of nitrogens with zero attached hydrogens (tertiary/aromatic N) is 4. The Kier molecular flexibility index (Phi) is 5.38. The molecule has 0 bridgehead atoms. The quantitative estimate of drug-likeness (QED) is 0.669. The SMILES string of the molecule is CSc1ncccc1C(=O)Nc1ccc(F)c(-c2nnc3n2CCCCC3)c1. The largest absolute Gasteiger partial charge is 0.322 e. The summed E-state index contributed by atoms with van der Waals surface area (Å²) in [4.78, 5) is 16.9. The van der Waals surface area contributed by atoms with Gasteiger partial charge in [0, 0.05) is 24.8 Å². The van der Waals surface area contributed by atoms with Crippen LogP contribution < -0.4 is 5.32 Å². The Morgan fingerprint density at radius 2 is 2.11 bits per heavy atom. The first-order chi connectivity index (χ1) is 13.7. The van der Waals surface area contributed by atoms with Gasteiger partial charge in [-0.3, -0.25) is 4.79 Å². The van der Waals surface area contributed by atoms with Crippen LogP contribution in [-0.4, -0.2) is 31.9 Å². The highest BCUT2D eigenvalue weighted by atomic mass is 32.2. The van der Waals surface area contributed by atoms with Gasteiger partial charge in [-0.05, 0) is 49.4 Å². The van der Waals surface area contributed by atoms with Crippen LogP contribution in [0.15, 0.2) is 41.6 Å². The van der Waals surface area contributed by atoms with Crippen molar-refractivity contribution in [2.45, 2.75) is 37.3 Å². The van der Waals surface area contributed by atoms with Gasteiger partial charge in [0.15, 0.2) is 5.82 Å². The van der Waals surface area contributed by atoms with Gasteiger partial charge in [-0.1, -0.05) is 6.42 Å². The normalized spacial score (nSPS) is 13.6. The number of carbonyl (C=O) groups excluding carboxylic acids is 1. The lowest BCUT2D eigenvalue weighted by Crippen LogP contribution is -2.14. The number of amides is 1. The smallest absolute Gasteiger partial charge is 0.258 e. The maximum Gasteiger partial charge on any atom is 0.258 e. The average Bonchev–Trinajstić information content (AvgIpc) is 2.97. The molecule has 0 radical (unpaired) electrons. The molecule has 144 valence electrons. The summed E-state index contributed by atoms with van der Waals surface area (Å²) >= 11 is 1.40. The molecule has 0 aliphatic carbocycles. The van der Waals surface area contributed by atoms with Crippen molar-refractivity contribution in [1.29, 1.82) is 0 Å². The van der Waals surface area contributed by atoms with Crippen molar-refractivity contribution in [2.24, 2.45) is 0 Å². The molecule has 0 fully saturated rings. The molecule has 28 heavy (non-hydrogen) atoms. The monoisotopic (exact) mass is 397 g/mol. The third-order valence-corrected chi connectivity index (χ3v) is 5.50. The van der Waals surface area contributed by atoms with Crippen LogP contribution in [0.25, 0.3) is 11.4 Å². The van der Waals surface area contributed by atoms with Crippen molar-refractivity contribution in [3.63, 3.8) is 0 Å². The molecule has 3 aromatic rings. The number of halogens is 1. The number of fused-ring (bicyclic) bond motifs is 1. The Balaban J connectivity index is 1.65. The maximum absolute atomic E-state index is 14.6. The van der Waals surface area contributed by atoms with Crippen molar-refractivity contribution in [1.82, 2.24) is 19.7 Å². The molecule has 3 heterocycles. The number of hydrogen-bond acceptors (Lipinski definition) is 5. The van der Waals surface area contributed by atoms with Crippen LogP contribution in [0, 0.1) is 5.82 Å². The molecule has 4 rings (SSSR count). The minimum absolute atomic E-state index is 0.282. The maximum atomic E-state index is 14.6. The zero-order valence-electron chi connectivity index (χ0n) is 15.5. The molecule has 6 nitrogen and oxygen atoms in total. The minimum atomic E-state index is -0.386. The van der Waals surface area contributed by atoms with Crippen molar-refractivity contribution >= 4 is 23.4 Å². The van der Waals surface area contributed by atoms with Gasteiger partial charge in [0.1, 0.15) is 16.7 Å². The van der Waals surface area contributed by atoms with E-state index in [2.05, 4.69) is 20.5 Å². The predicted octanol–water partition coefficient (Wildman–Crippen LogP) is 4.18. The molecule has 8 heteroatoms. The lowest BCUT2D eigenvalue weighted by molar-refractivity contribution is 0.102. The molecule has 1 aromatic carbocycles. The highest BCUT2D eigenvalue weighted by Crippen LogP contribution is 2.28. The number of thioether (sulfide) groups is 1. The number of aromatic nitrogens is 4. The third-order valence-electron chi connectivity index (χ3n) is 4.78. The first-order valence-corrected chi connectivity index (χ1v) is 10.4. The summed E-state index contributed by atoms with van der Waals surface area (Å²) in [5, 5.41) is 11.9. The number of rotatable bonds is 4. The summed E-state index contributed by atoms with van der Waals surface area (Å²) in [5.41, 5.74) is 1.33. The number of aryl methyl sites for hydroxylation is 1. The molecular weight excluding hydrogens is 377 g/mol. The summed E-state index contributed by atoms with van der Waals surface area (Å²) < 4.78 is 16.6. The molecule has 0 atom stereocenters. The van der Waals surface area contributed by atoms with E-state index < -0.39 is 0 Å². The molecule has 2 aromatic heterocycles. The Morgan fingerprint density at radius 3 is 2.96 bits per heavy atom. The molecule has 0 spiro atoms. The minimum Gasteiger partial charge on any atom is -0.322 e.